The second kappa shape index (κ2) is 7.88. The molecule has 1 fully saturated rings. The van der Waals surface area contributed by atoms with Gasteiger partial charge in [0.2, 0.25) is 6.10 Å². The Morgan fingerprint density at radius 1 is 1.00 bits per heavy atom. The second-order valence-electron chi connectivity index (χ2n) is 7.87. The maximum absolute atomic E-state index is 12.0. The van der Waals surface area contributed by atoms with Crippen LogP contribution in [0.15, 0.2) is 0 Å². The third-order valence-electron chi connectivity index (χ3n) is 3.69. The summed E-state index contributed by atoms with van der Waals surface area (Å²) in [6.07, 6.45) is -1.00. The van der Waals surface area contributed by atoms with Crippen LogP contribution in [0.1, 0.15) is 53.4 Å². The van der Waals surface area contributed by atoms with Gasteiger partial charge in [-0.3, -0.25) is 19.2 Å². The summed E-state index contributed by atoms with van der Waals surface area (Å²) < 4.78 is 10.6. The molecule has 0 aliphatic heterocycles. The zero-order valence-electron chi connectivity index (χ0n) is 14.7. The Morgan fingerprint density at radius 3 is 1.92 bits per heavy atom. The van der Waals surface area contributed by atoms with Crippen LogP contribution in [0.25, 0.3) is 0 Å². The lowest BCUT2D eigenvalue weighted by atomic mass is 9.89. The topological polar surface area (TPSA) is 107 Å². The molecule has 0 unspecified atom stereocenters. The van der Waals surface area contributed by atoms with E-state index in [0.717, 1.165) is 0 Å². The number of esters is 1. The first kappa shape index (κ1) is 20.3. The maximum atomic E-state index is 12.0. The molecular formula is C17H26O7. The Hall–Kier alpha value is -1.76. The summed E-state index contributed by atoms with van der Waals surface area (Å²) in [6, 6.07) is 0. The SMILES string of the molecule is CC(C)(COCC(C)(C)CC(=O)OC1C(=O)CCC1=O)CC(=O)O. The van der Waals surface area contributed by atoms with Crippen molar-refractivity contribution in [3.8, 4) is 0 Å². The minimum absolute atomic E-state index is 0.00339. The van der Waals surface area contributed by atoms with E-state index in [1.165, 1.54) is 0 Å². The molecule has 1 aliphatic carbocycles. The zero-order valence-corrected chi connectivity index (χ0v) is 14.7. The monoisotopic (exact) mass is 342 g/mol. The highest BCUT2D eigenvalue weighted by Crippen LogP contribution is 2.26. The Bertz CT molecular complexity index is 503. The average molecular weight is 342 g/mol. The highest BCUT2D eigenvalue weighted by Gasteiger charge is 2.37. The molecule has 0 bridgehead atoms. The Morgan fingerprint density at radius 2 is 1.46 bits per heavy atom. The van der Waals surface area contributed by atoms with Gasteiger partial charge in [-0.1, -0.05) is 27.7 Å². The summed E-state index contributed by atoms with van der Waals surface area (Å²) in [4.78, 5) is 45.7. The van der Waals surface area contributed by atoms with Crippen LogP contribution in [-0.2, 0) is 28.7 Å². The highest BCUT2D eigenvalue weighted by atomic mass is 16.6. The van der Waals surface area contributed by atoms with Gasteiger partial charge in [-0.2, -0.15) is 0 Å². The number of hydrogen-bond acceptors (Lipinski definition) is 6. The number of Topliss-reactive ketones (excluding diaryl/α,β-unsaturated/α-hetero) is 2. The van der Waals surface area contributed by atoms with Crippen LogP contribution < -0.4 is 0 Å². The van der Waals surface area contributed by atoms with Crippen LogP contribution in [0.4, 0.5) is 0 Å². The quantitative estimate of drug-likeness (QED) is 0.502. The molecule has 7 nitrogen and oxygen atoms in total. The summed E-state index contributed by atoms with van der Waals surface area (Å²) in [5, 5.41) is 8.83. The van der Waals surface area contributed by atoms with Gasteiger partial charge < -0.3 is 14.6 Å². The molecule has 0 heterocycles. The van der Waals surface area contributed by atoms with Crippen molar-refractivity contribution in [3.05, 3.63) is 0 Å². The number of carboxylic acid groups (broad SMARTS) is 1. The van der Waals surface area contributed by atoms with Crippen molar-refractivity contribution in [1.29, 1.82) is 0 Å². The molecule has 0 spiro atoms. The van der Waals surface area contributed by atoms with Gasteiger partial charge in [0.05, 0.1) is 26.1 Å². The van der Waals surface area contributed by atoms with Crippen LogP contribution in [0.3, 0.4) is 0 Å². The highest BCUT2D eigenvalue weighted by molar-refractivity contribution is 6.12. The molecule has 24 heavy (non-hydrogen) atoms. The predicted octanol–water partition coefficient (Wildman–Crippen LogP) is 1.76. The molecule has 0 aromatic rings. The number of aliphatic carboxylic acids is 1. The number of rotatable bonds is 9. The molecule has 0 saturated heterocycles. The lowest BCUT2D eigenvalue weighted by Gasteiger charge is -2.27. The van der Waals surface area contributed by atoms with Gasteiger partial charge in [-0.25, -0.2) is 0 Å². The lowest BCUT2D eigenvalue weighted by Crippen LogP contribution is -2.32. The number of carboxylic acids is 1. The Balaban J connectivity index is 2.42. The van der Waals surface area contributed by atoms with Gasteiger partial charge in [0, 0.05) is 12.8 Å². The van der Waals surface area contributed by atoms with Gasteiger partial charge in [0.25, 0.3) is 0 Å². The van der Waals surface area contributed by atoms with E-state index in [2.05, 4.69) is 0 Å². The van der Waals surface area contributed by atoms with Crippen LogP contribution in [-0.4, -0.2) is 47.9 Å². The van der Waals surface area contributed by atoms with E-state index in [-0.39, 0.29) is 50.5 Å². The van der Waals surface area contributed by atoms with Crippen molar-refractivity contribution >= 4 is 23.5 Å². The van der Waals surface area contributed by atoms with Crippen molar-refractivity contribution in [2.75, 3.05) is 13.2 Å². The first-order valence-electron chi connectivity index (χ1n) is 7.96. The molecule has 1 aliphatic rings. The third kappa shape index (κ3) is 6.78. The molecule has 0 radical (unpaired) electrons. The molecule has 0 atom stereocenters. The summed E-state index contributed by atoms with van der Waals surface area (Å²) in [5.41, 5.74) is -1.06. The summed E-state index contributed by atoms with van der Waals surface area (Å²) >= 11 is 0. The molecule has 0 aromatic carbocycles. The van der Waals surface area contributed by atoms with E-state index in [1.54, 1.807) is 27.7 Å². The van der Waals surface area contributed by atoms with E-state index in [0.29, 0.717) is 0 Å². The molecule has 1 N–H and O–H groups in total. The molecule has 0 aromatic heterocycles. The molecule has 1 rings (SSSR count). The molecule has 1 saturated carbocycles. The third-order valence-corrected chi connectivity index (χ3v) is 3.69. The van der Waals surface area contributed by atoms with Crippen LogP contribution >= 0.6 is 0 Å². The first-order chi connectivity index (χ1) is 10.9. The van der Waals surface area contributed by atoms with E-state index in [1.807, 2.05) is 0 Å². The van der Waals surface area contributed by atoms with Crippen molar-refractivity contribution < 1.29 is 33.8 Å². The molecule has 0 amide bonds. The molecule has 136 valence electrons. The molecular weight excluding hydrogens is 316 g/mol. The van der Waals surface area contributed by atoms with Crippen molar-refractivity contribution in [2.45, 2.75) is 59.5 Å². The molecule has 7 heteroatoms. The fourth-order valence-corrected chi connectivity index (χ4v) is 2.50. The van der Waals surface area contributed by atoms with Crippen molar-refractivity contribution in [2.24, 2.45) is 10.8 Å². The number of carbonyl (C=O) groups excluding carboxylic acids is 3. The standard InChI is InChI=1S/C17H26O7/c1-16(2,7-13(20)21)9-23-10-17(3,4)8-14(22)24-15-11(18)5-6-12(15)19/h15H,5-10H2,1-4H3,(H,20,21). The van der Waals surface area contributed by atoms with Gasteiger partial charge >= 0.3 is 11.9 Å². The zero-order chi connectivity index (χ0) is 18.5. The fourth-order valence-electron chi connectivity index (χ4n) is 2.50. The first-order valence-corrected chi connectivity index (χ1v) is 7.96. The number of ether oxygens (including phenoxy) is 2. The largest absolute Gasteiger partial charge is 0.481 e. The van der Waals surface area contributed by atoms with Crippen molar-refractivity contribution in [3.63, 3.8) is 0 Å². The van der Waals surface area contributed by atoms with Gasteiger partial charge in [-0.15, -0.1) is 0 Å². The van der Waals surface area contributed by atoms with Crippen LogP contribution in [0, 0.1) is 10.8 Å². The van der Waals surface area contributed by atoms with Crippen LogP contribution in [0.5, 0.6) is 0 Å². The van der Waals surface area contributed by atoms with Gasteiger partial charge in [0.1, 0.15) is 0 Å². The van der Waals surface area contributed by atoms with Crippen LogP contribution in [0.2, 0.25) is 0 Å². The van der Waals surface area contributed by atoms with E-state index < -0.39 is 28.9 Å². The smallest absolute Gasteiger partial charge is 0.307 e. The maximum Gasteiger partial charge on any atom is 0.307 e. The minimum atomic E-state index is -1.25. The predicted molar refractivity (Wildman–Crippen MR) is 84.4 cm³/mol. The van der Waals surface area contributed by atoms with E-state index in [9.17, 15) is 19.2 Å². The number of ketones is 2. The Labute approximate surface area is 141 Å². The van der Waals surface area contributed by atoms with Gasteiger partial charge in [-0.05, 0) is 10.8 Å². The van der Waals surface area contributed by atoms with E-state index in [4.69, 9.17) is 14.6 Å². The average Bonchev–Trinajstić information content (AvgIpc) is 2.67. The minimum Gasteiger partial charge on any atom is -0.481 e. The summed E-state index contributed by atoms with van der Waals surface area (Å²) in [7, 11) is 0. The summed E-state index contributed by atoms with van der Waals surface area (Å²) in [6.45, 7) is 7.67. The number of carbonyl (C=O) groups is 4. The number of hydrogen-bond donors (Lipinski definition) is 1. The van der Waals surface area contributed by atoms with Crippen molar-refractivity contribution in [1.82, 2.24) is 0 Å². The van der Waals surface area contributed by atoms with Gasteiger partial charge in [0.15, 0.2) is 11.6 Å². The Kier molecular flexibility index (Phi) is 6.66. The fraction of sp³-hybridized carbons (Fsp3) is 0.765. The lowest BCUT2D eigenvalue weighted by molar-refractivity contribution is -0.160. The van der Waals surface area contributed by atoms with E-state index >= 15 is 0 Å². The summed E-state index contributed by atoms with van der Waals surface area (Å²) in [5.74, 6) is -2.20. The normalized spacial score (nSPS) is 16.5. The second-order valence-corrected chi connectivity index (χ2v) is 7.87.